The van der Waals surface area contributed by atoms with Crippen LogP contribution in [0.4, 0.5) is 5.69 Å². The van der Waals surface area contributed by atoms with Gasteiger partial charge >= 0.3 is 0 Å². The number of halogens is 1. The van der Waals surface area contributed by atoms with E-state index in [1.165, 1.54) is 0 Å². The van der Waals surface area contributed by atoms with Gasteiger partial charge in [0.15, 0.2) is 5.76 Å². The summed E-state index contributed by atoms with van der Waals surface area (Å²) in [6.07, 6.45) is 1.72. The highest BCUT2D eigenvalue weighted by Crippen LogP contribution is 2.23. The molecule has 0 saturated carbocycles. The second kappa shape index (κ2) is 5.02. The monoisotopic (exact) mass is 289 g/mol. The predicted octanol–water partition coefficient (Wildman–Crippen LogP) is 3.71. The molecule has 2 heterocycles. The van der Waals surface area contributed by atoms with E-state index >= 15 is 0 Å². The van der Waals surface area contributed by atoms with Crippen molar-refractivity contribution in [3.8, 4) is 0 Å². The van der Waals surface area contributed by atoms with E-state index in [2.05, 4.69) is 15.5 Å². The number of aromatic amines is 1. The molecule has 3 aromatic rings. The number of rotatable bonds is 3. The molecule has 0 aliphatic heterocycles. The zero-order valence-corrected chi connectivity index (χ0v) is 11.4. The number of alkyl halides is 1. The molecule has 0 spiro atoms. The number of anilines is 1. The van der Waals surface area contributed by atoms with Crippen molar-refractivity contribution in [1.29, 1.82) is 0 Å². The molecule has 0 radical (unpaired) electrons. The smallest absolute Gasteiger partial charge is 0.291 e. The van der Waals surface area contributed by atoms with Crippen LogP contribution in [0, 0.1) is 0 Å². The van der Waals surface area contributed by atoms with Crippen molar-refractivity contribution >= 4 is 34.1 Å². The number of carbonyl (C=O) groups is 1. The van der Waals surface area contributed by atoms with Crippen molar-refractivity contribution in [2.24, 2.45) is 0 Å². The molecule has 0 fully saturated rings. The van der Waals surface area contributed by atoms with Crippen molar-refractivity contribution in [2.75, 3.05) is 5.32 Å². The first-order chi connectivity index (χ1) is 9.63. The third kappa shape index (κ3) is 2.40. The van der Waals surface area contributed by atoms with Gasteiger partial charge in [0.25, 0.3) is 5.91 Å². The van der Waals surface area contributed by atoms with Crippen LogP contribution < -0.4 is 5.32 Å². The largest absolute Gasteiger partial charge is 0.454 e. The van der Waals surface area contributed by atoms with E-state index in [0.29, 0.717) is 11.4 Å². The van der Waals surface area contributed by atoms with Gasteiger partial charge in [-0.15, -0.1) is 11.6 Å². The number of furan rings is 1. The fourth-order valence-electron chi connectivity index (χ4n) is 1.90. The number of benzene rings is 1. The van der Waals surface area contributed by atoms with Crippen molar-refractivity contribution in [1.82, 2.24) is 10.2 Å². The van der Waals surface area contributed by atoms with Crippen LogP contribution >= 0.6 is 11.6 Å². The number of H-pyrrole nitrogens is 1. The molecule has 0 aliphatic carbocycles. The predicted molar refractivity (Wildman–Crippen MR) is 77.0 cm³/mol. The number of nitrogens with zero attached hydrogens (tertiary/aromatic N) is 1. The van der Waals surface area contributed by atoms with E-state index in [4.69, 9.17) is 16.0 Å². The number of nitrogens with one attached hydrogen (secondary N) is 2. The molecule has 6 heteroatoms. The Labute approximate surface area is 119 Å². The number of hydrogen-bond acceptors (Lipinski definition) is 3. The topological polar surface area (TPSA) is 70.9 Å². The van der Waals surface area contributed by atoms with Gasteiger partial charge in [-0.25, -0.2) is 0 Å². The minimum atomic E-state index is -0.313. The maximum Gasteiger partial charge on any atom is 0.291 e. The van der Waals surface area contributed by atoms with Crippen molar-refractivity contribution < 1.29 is 9.21 Å². The van der Waals surface area contributed by atoms with Gasteiger partial charge in [0, 0.05) is 11.1 Å². The summed E-state index contributed by atoms with van der Waals surface area (Å²) in [6.45, 7) is 1.79. The molecule has 20 heavy (non-hydrogen) atoms. The summed E-state index contributed by atoms with van der Waals surface area (Å²) < 4.78 is 5.39. The first-order valence-electron chi connectivity index (χ1n) is 6.12. The van der Waals surface area contributed by atoms with Crippen LogP contribution in [0.5, 0.6) is 0 Å². The van der Waals surface area contributed by atoms with E-state index in [9.17, 15) is 4.79 Å². The molecule has 3 rings (SSSR count). The Morgan fingerprint density at radius 2 is 2.25 bits per heavy atom. The van der Waals surface area contributed by atoms with Crippen molar-refractivity contribution in [2.45, 2.75) is 12.3 Å². The molecule has 0 saturated heterocycles. The van der Waals surface area contributed by atoms with Gasteiger partial charge in [0.05, 0.1) is 17.1 Å². The van der Waals surface area contributed by atoms with Crippen LogP contribution in [0.1, 0.15) is 28.6 Å². The summed E-state index contributed by atoms with van der Waals surface area (Å²) in [5, 5.41) is 10.3. The molecule has 0 aliphatic rings. The van der Waals surface area contributed by atoms with Gasteiger partial charge in [0.2, 0.25) is 0 Å². The lowest BCUT2D eigenvalue weighted by atomic mass is 10.2. The van der Waals surface area contributed by atoms with Crippen LogP contribution in [0.15, 0.2) is 40.9 Å². The zero-order valence-electron chi connectivity index (χ0n) is 10.7. The third-order valence-corrected chi connectivity index (χ3v) is 3.16. The van der Waals surface area contributed by atoms with Crippen LogP contribution in [0.25, 0.3) is 10.9 Å². The van der Waals surface area contributed by atoms with Crippen LogP contribution in [-0.2, 0) is 0 Å². The minimum Gasteiger partial charge on any atom is -0.454 e. The number of hydrogen-bond donors (Lipinski definition) is 2. The average molecular weight is 290 g/mol. The Morgan fingerprint density at radius 3 is 3.00 bits per heavy atom. The molecule has 1 unspecified atom stereocenters. The van der Waals surface area contributed by atoms with Gasteiger partial charge in [-0.3, -0.25) is 9.89 Å². The molecular formula is C14H12ClN3O2. The van der Waals surface area contributed by atoms with Gasteiger partial charge in [-0.2, -0.15) is 5.10 Å². The summed E-state index contributed by atoms with van der Waals surface area (Å²) >= 11 is 5.90. The Morgan fingerprint density at radius 1 is 1.40 bits per heavy atom. The second-order valence-electron chi connectivity index (χ2n) is 4.44. The van der Waals surface area contributed by atoms with Crippen molar-refractivity contribution in [3.05, 3.63) is 48.0 Å². The lowest BCUT2D eigenvalue weighted by molar-refractivity contribution is 0.0995. The normalized spacial score (nSPS) is 12.5. The van der Waals surface area contributed by atoms with E-state index in [1.807, 2.05) is 18.2 Å². The van der Waals surface area contributed by atoms with Gasteiger partial charge in [-0.05, 0) is 37.3 Å². The van der Waals surface area contributed by atoms with Crippen molar-refractivity contribution in [3.63, 3.8) is 0 Å². The molecule has 5 nitrogen and oxygen atoms in total. The summed E-state index contributed by atoms with van der Waals surface area (Å²) in [6, 6.07) is 8.81. The van der Waals surface area contributed by atoms with Crippen LogP contribution in [0.2, 0.25) is 0 Å². The number of carbonyl (C=O) groups excluding carboxylic acids is 1. The Hall–Kier alpha value is -2.27. The van der Waals surface area contributed by atoms with E-state index < -0.39 is 0 Å². The highest BCUT2D eigenvalue weighted by Gasteiger charge is 2.14. The Balaban J connectivity index is 1.80. The number of aromatic nitrogens is 2. The molecule has 0 bridgehead atoms. The molecule has 1 aromatic carbocycles. The fourth-order valence-corrected chi connectivity index (χ4v) is 2.01. The fraction of sp³-hybridized carbons (Fsp3) is 0.143. The third-order valence-electron chi connectivity index (χ3n) is 2.94. The molecule has 1 amide bonds. The Bertz CT molecular complexity index is 760. The first kappa shape index (κ1) is 12.7. The van der Waals surface area contributed by atoms with E-state index in [1.54, 1.807) is 25.3 Å². The summed E-state index contributed by atoms with van der Waals surface area (Å²) in [5.41, 5.74) is 1.53. The number of amides is 1. The minimum absolute atomic E-state index is 0.234. The first-order valence-corrected chi connectivity index (χ1v) is 6.55. The molecule has 102 valence electrons. The lowest BCUT2D eigenvalue weighted by Crippen LogP contribution is -2.10. The molecule has 1 atom stereocenters. The van der Waals surface area contributed by atoms with Gasteiger partial charge in [-0.1, -0.05) is 0 Å². The lowest BCUT2D eigenvalue weighted by Gasteiger charge is -2.03. The maximum atomic E-state index is 12.1. The summed E-state index contributed by atoms with van der Waals surface area (Å²) in [5.74, 6) is 0.491. The van der Waals surface area contributed by atoms with E-state index in [-0.39, 0.29) is 17.0 Å². The summed E-state index contributed by atoms with van der Waals surface area (Å²) in [7, 11) is 0. The molecular weight excluding hydrogens is 278 g/mol. The average Bonchev–Trinajstić information content (AvgIpc) is 3.07. The quantitative estimate of drug-likeness (QED) is 0.722. The SMILES string of the molecule is CC(Cl)c1ccc(C(=O)Nc2ccc3cn[nH]c3c2)o1. The molecule has 2 aromatic heterocycles. The summed E-state index contributed by atoms with van der Waals surface area (Å²) in [4.78, 5) is 12.1. The number of fused-ring (bicyclic) bond motifs is 1. The van der Waals surface area contributed by atoms with Crippen LogP contribution in [0.3, 0.4) is 0 Å². The molecule has 2 N–H and O–H groups in total. The standard InChI is InChI=1S/C14H12ClN3O2/c1-8(15)12-4-5-13(20-12)14(19)17-10-3-2-9-7-16-18-11(9)6-10/h2-8H,1H3,(H,16,18)(H,17,19). The van der Waals surface area contributed by atoms with E-state index in [0.717, 1.165) is 10.9 Å². The zero-order chi connectivity index (χ0) is 14.1. The highest BCUT2D eigenvalue weighted by atomic mass is 35.5. The maximum absolute atomic E-state index is 12.1. The second-order valence-corrected chi connectivity index (χ2v) is 5.10. The van der Waals surface area contributed by atoms with Gasteiger partial charge in [0.1, 0.15) is 5.76 Å². The van der Waals surface area contributed by atoms with Crippen LogP contribution in [-0.4, -0.2) is 16.1 Å². The van der Waals surface area contributed by atoms with Gasteiger partial charge < -0.3 is 9.73 Å². The highest BCUT2D eigenvalue weighted by molar-refractivity contribution is 6.20. The Kier molecular flexibility index (Phi) is 3.20.